The molecule has 0 bridgehead atoms. The molecule has 0 aliphatic rings. The molecule has 0 unspecified atom stereocenters. The second-order valence-corrected chi connectivity index (χ2v) is 13.3. The van der Waals surface area contributed by atoms with Gasteiger partial charge in [-0.1, -0.05) is 0 Å². The molecule has 0 atom stereocenters. The Kier molecular flexibility index (Phi) is 6.54. The van der Waals surface area contributed by atoms with Gasteiger partial charge in [0.25, 0.3) is 0 Å². The van der Waals surface area contributed by atoms with Crippen molar-refractivity contribution in [1.29, 1.82) is 0 Å². The summed E-state index contributed by atoms with van der Waals surface area (Å²) in [4.78, 5) is 6.46. The molecule has 0 aliphatic carbocycles. The summed E-state index contributed by atoms with van der Waals surface area (Å²) in [5.74, 6) is 0. The molecule has 0 radical (unpaired) electrons. The summed E-state index contributed by atoms with van der Waals surface area (Å²) in [6.45, 7) is 0. The molecule has 3 aromatic rings. The summed E-state index contributed by atoms with van der Waals surface area (Å²) >= 11 is -1.91. The second-order valence-electron chi connectivity index (χ2n) is 7.47. The fraction of sp³-hybridized carbons (Fsp3) is 0.250. The molecule has 0 saturated heterocycles. The van der Waals surface area contributed by atoms with Crippen LogP contribution in [-0.2, 0) is 0 Å². The Morgan fingerprint density at radius 3 is 0.786 bits per heavy atom. The Morgan fingerprint density at radius 1 is 0.393 bits per heavy atom. The summed E-state index contributed by atoms with van der Waals surface area (Å²) in [5.41, 5.74) is 3.73. The topological polar surface area (TPSA) is 9.72 Å². The van der Waals surface area contributed by atoms with Gasteiger partial charge in [-0.15, -0.1) is 0 Å². The van der Waals surface area contributed by atoms with E-state index in [0.29, 0.717) is 0 Å². The van der Waals surface area contributed by atoms with Gasteiger partial charge in [0.2, 0.25) is 0 Å². The van der Waals surface area contributed by atoms with Crippen molar-refractivity contribution in [3.05, 3.63) is 72.8 Å². The second kappa shape index (κ2) is 8.90. The number of hydrogen-bond acceptors (Lipinski definition) is 3. The van der Waals surface area contributed by atoms with Gasteiger partial charge in [-0.3, -0.25) is 0 Å². The summed E-state index contributed by atoms with van der Waals surface area (Å²) in [6.07, 6.45) is 0. The first kappa shape index (κ1) is 20.6. The Morgan fingerprint density at radius 2 is 0.607 bits per heavy atom. The molecule has 3 aromatic carbocycles. The van der Waals surface area contributed by atoms with Gasteiger partial charge in [0.1, 0.15) is 0 Å². The van der Waals surface area contributed by atoms with E-state index in [1.807, 2.05) is 0 Å². The minimum absolute atomic E-state index is 1.24. The van der Waals surface area contributed by atoms with Crippen LogP contribution < -0.4 is 25.5 Å². The van der Waals surface area contributed by atoms with E-state index in [0.717, 1.165) is 0 Å². The van der Waals surface area contributed by atoms with Gasteiger partial charge in [0, 0.05) is 0 Å². The summed E-state index contributed by atoms with van der Waals surface area (Å²) in [7, 11) is 12.5. The molecule has 0 N–H and O–H groups in total. The van der Waals surface area contributed by atoms with E-state index >= 15 is 0 Å². The van der Waals surface area contributed by atoms with Crippen molar-refractivity contribution in [3.63, 3.8) is 0 Å². The molecule has 146 valence electrons. The Hall–Kier alpha value is -2.15. The van der Waals surface area contributed by atoms with E-state index in [9.17, 15) is 0 Å². The van der Waals surface area contributed by atoms with E-state index < -0.39 is 19.6 Å². The van der Waals surface area contributed by atoms with Gasteiger partial charge >= 0.3 is 177 Å². The molecule has 3 rings (SSSR count). The SMILES string of the molecule is CN(C)c1ccc([Te+](c2ccc(N(C)C)cc2)c2ccc(N(C)C)cc2)cc1. The fourth-order valence-electron chi connectivity index (χ4n) is 3.05. The number of hydrogen-bond donors (Lipinski definition) is 0. The van der Waals surface area contributed by atoms with Gasteiger partial charge in [0.15, 0.2) is 0 Å². The Labute approximate surface area is 176 Å². The average Bonchev–Trinajstić information content (AvgIpc) is 2.69. The molecule has 3 nitrogen and oxygen atoms in total. The third-order valence-corrected chi connectivity index (χ3v) is 11.1. The zero-order valence-corrected chi connectivity index (χ0v) is 20.0. The first-order chi connectivity index (χ1) is 13.4. The molecular weight excluding hydrogens is 458 g/mol. The average molecular weight is 488 g/mol. The third-order valence-electron chi connectivity index (χ3n) is 4.77. The monoisotopic (exact) mass is 490 g/mol. The van der Waals surface area contributed by atoms with Crippen LogP contribution in [0.5, 0.6) is 0 Å². The standard InChI is InChI=1S/C24H30N3Te/c1-25(2)19-7-13-22(14-8-19)28(23-15-9-20(10-16-23)26(3)4)24-17-11-21(12-18-24)27(5)6/h7-18H,1-6H3/q+1. The normalized spacial score (nSPS) is 10.8. The van der Waals surface area contributed by atoms with Crippen molar-refractivity contribution < 1.29 is 0 Å². The third kappa shape index (κ3) is 4.63. The molecule has 0 heterocycles. The molecule has 0 aromatic heterocycles. The number of rotatable bonds is 6. The summed E-state index contributed by atoms with van der Waals surface area (Å²) in [5, 5.41) is 0. The minimum atomic E-state index is -1.91. The van der Waals surface area contributed by atoms with Crippen molar-refractivity contribution >= 4 is 47.4 Å². The van der Waals surface area contributed by atoms with Gasteiger partial charge in [-0.05, 0) is 0 Å². The van der Waals surface area contributed by atoms with E-state index in [1.54, 1.807) is 0 Å². The van der Waals surface area contributed by atoms with Crippen molar-refractivity contribution in [2.24, 2.45) is 0 Å². The molecule has 0 saturated carbocycles. The Bertz CT molecular complexity index is 760. The zero-order valence-electron chi connectivity index (χ0n) is 17.7. The van der Waals surface area contributed by atoms with Crippen LogP contribution in [0.3, 0.4) is 0 Å². The number of benzene rings is 3. The van der Waals surface area contributed by atoms with Crippen LogP contribution in [0.25, 0.3) is 0 Å². The molecule has 0 aliphatic heterocycles. The van der Waals surface area contributed by atoms with E-state index in [2.05, 4.69) is 130 Å². The van der Waals surface area contributed by atoms with E-state index in [1.165, 1.54) is 27.9 Å². The molecule has 28 heavy (non-hydrogen) atoms. The van der Waals surface area contributed by atoms with Gasteiger partial charge < -0.3 is 0 Å². The van der Waals surface area contributed by atoms with Crippen molar-refractivity contribution in [2.75, 3.05) is 57.0 Å². The maximum atomic E-state index is 2.33. The number of nitrogens with zero attached hydrogens (tertiary/aromatic N) is 3. The van der Waals surface area contributed by atoms with Crippen LogP contribution in [0.1, 0.15) is 0 Å². The van der Waals surface area contributed by atoms with Crippen LogP contribution in [0.4, 0.5) is 17.1 Å². The predicted octanol–water partition coefficient (Wildman–Crippen LogP) is 2.40. The van der Waals surface area contributed by atoms with Gasteiger partial charge in [-0.25, -0.2) is 0 Å². The van der Waals surface area contributed by atoms with Crippen LogP contribution >= 0.6 is 0 Å². The molecular formula is C24H30N3Te+. The zero-order chi connectivity index (χ0) is 20.3. The van der Waals surface area contributed by atoms with Crippen molar-refractivity contribution in [1.82, 2.24) is 0 Å². The fourth-order valence-corrected chi connectivity index (χ4v) is 8.88. The quantitative estimate of drug-likeness (QED) is 0.494. The molecule has 0 spiro atoms. The number of anilines is 3. The predicted molar refractivity (Wildman–Crippen MR) is 127 cm³/mol. The maximum absolute atomic E-state index is 2.33. The van der Waals surface area contributed by atoms with Gasteiger partial charge in [-0.2, -0.15) is 0 Å². The van der Waals surface area contributed by atoms with Crippen LogP contribution in [-0.4, -0.2) is 61.8 Å². The van der Waals surface area contributed by atoms with Gasteiger partial charge in [0.05, 0.1) is 0 Å². The van der Waals surface area contributed by atoms with Crippen molar-refractivity contribution in [3.8, 4) is 0 Å². The molecule has 0 fully saturated rings. The van der Waals surface area contributed by atoms with Crippen molar-refractivity contribution in [2.45, 2.75) is 0 Å². The first-order valence-corrected chi connectivity index (χ1v) is 12.9. The molecule has 4 heteroatoms. The van der Waals surface area contributed by atoms with Crippen LogP contribution in [0, 0.1) is 0 Å². The summed E-state index contributed by atoms with van der Waals surface area (Å²) in [6, 6.07) is 27.4. The van der Waals surface area contributed by atoms with Crippen LogP contribution in [0.2, 0.25) is 0 Å². The van der Waals surface area contributed by atoms with E-state index in [4.69, 9.17) is 0 Å². The van der Waals surface area contributed by atoms with Crippen LogP contribution in [0.15, 0.2) is 72.8 Å². The van der Waals surface area contributed by atoms with E-state index in [-0.39, 0.29) is 0 Å². The Balaban J connectivity index is 2.04. The molecule has 0 amide bonds. The summed E-state index contributed by atoms with van der Waals surface area (Å²) < 4.78 is 4.43. The first-order valence-electron chi connectivity index (χ1n) is 9.43.